The van der Waals surface area contributed by atoms with E-state index >= 15 is 0 Å². The number of nitro benzene ring substituents is 1. The molecule has 2 rings (SSSR count). The van der Waals surface area contributed by atoms with Crippen LogP contribution >= 0.6 is 31.9 Å². The van der Waals surface area contributed by atoms with Crippen LogP contribution in [0.1, 0.15) is 16.7 Å². The van der Waals surface area contributed by atoms with Crippen molar-refractivity contribution >= 4 is 37.5 Å². The molecule has 2 aromatic rings. The number of nitrogens with zero attached hydrogens (tertiary/aromatic N) is 1. The van der Waals surface area contributed by atoms with Crippen molar-refractivity contribution in [2.75, 3.05) is 0 Å². The van der Waals surface area contributed by atoms with Crippen molar-refractivity contribution in [3.8, 4) is 5.75 Å². The lowest BCUT2D eigenvalue weighted by Crippen LogP contribution is -2.02. The molecule has 0 fully saturated rings. The number of nitro groups is 1. The molecule has 110 valence electrons. The minimum absolute atomic E-state index is 0.118. The number of hydrogen-bond acceptors (Lipinski definition) is 3. The van der Waals surface area contributed by atoms with E-state index in [1.165, 1.54) is 6.07 Å². The first-order valence-corrected chi connectivity index (χ1v) is 8.14. The van der Waals surface area contributed by atoms with Crippen molar-refractivity contribution in [1.82, 2.24) is 0 Å². The number of benzene rings is 2. The Morgan fingerprint density at radius 1 is 1.24 bits per heavy atom. The molecule has 0 saturated carbocycles. The SMILES string of the molecule is Cc1c(COc2ccc(Br)cc2CBr)cccc1[N+](=O)[O-]. The highest BCUT2D eigenvalue weighted by Crippen LogP contribution is 2.27. The number of halogens is 2. The Balaban J connectivity index is 2.21. The molecule has 21 heavy (non-hydrogen) atoms. The average Bonchev–Trinajstić information content (AvgIpc) is 2.46. The number of rotatable bonds is 5. The van der Waals surface area contributed by atoms with Gasteiger partial charge in [0.2, 0.25) is 0 Å². The average molecular weight is 415 g/mol. The second-order valence-electron chi connectivity index (χ2n) is 4.49. The van der Waals surface area contributed by atoms with Gasteiger partial charge in [-0.1, -0.05) is 44.0 Å². The van der Waals surface area contributed by atoms with Crippen molar-refractivity contribution in [2.45, 2.75) is 18.9 Å². The summed E-state index contributed by atoms with van der Waals surface area (Å²) < 4.78 is 6.79. The van der Waals surface area contributed by atoms with E-state index in [-0.39, 0.29) is 10.6 Å². The highest BCUT2D eigenvalue weighted by molar-refractivity contribution is 9.10. The van der Waals surface area contributed by atoms with Crippen LogP contribution in [0.4, 0.5) is 5.69 Å². The van der Waals surface area contributed by atoms with Gasteiger partial charge in [0.05, 0.1) is 4.92 Å². The van der Waals surface area contributed by atoms with Gasteiger partial charge in [0.25, 0.3) is 5.69 Å². The highest BCUT2D eigenvalue weighted by Gasteiger charge is 2.13. The molecule has 0 radical (unpaired) electrons. The molecule has 0 atom stereocenters. The van der Waals surface area contributed by atoms with Crippen LogP contribution in [-0.4, -0.2) is 4.92 Å². The molecule has 0 spiro atoms. The van der Waals surface area contributed by atoms with Crippen molar-refractivity contribution in [1.29, 1.82) is 0 Å². The molecule has 0 aliphatic rings. The first-order chi connectivity index (χ1) is 10.0. The second kappa shape index (κ2) is 7.04. The van der Waals surface area contributed by atoms with Crippen molar-refractivity contribution in [2.24, 2.45) is 0 Å². The van der Waals surface area contributed by atoms with E-state index in [2.05, 4.69) is 31.9 Å². The van der Waals surface area contributed by atoms with E-state index < -0.39 is 0 Å². The Bertz CT molecular complexity index is 674. The van der Waals surface area contributed by atoms with Gasteiger partial charge in [0, 0.05) is 27.0 Å². The Kier molecular flexibility index (Phi) is 5.36. The Labute approximate surface area is 139 Å². The molecule has 6 heteroatoms. The third-order valence-corrected chi connectivity index (χ3v) is 4.26. The maximum Gasteiger partial charge on any atom is 0.272 e. The summed E-state index contributed by atoms with van der Waals surface area (Å²) in [6.45, 7) is 2.04. The largest absolute Gasteiger partial charge is 0.489 e. The van der Waals surface area contributed by atoms with Crippen LogP contribution in [0.25, 0.3) is 0 Å². The lowest BCUT2D eigenvalue weighted by Gasteiger charge is -2.12. The van der Waals surface area contributed by atoms with Crippen LogP contribution in [0.2, 0.25) is 0 Å². The van der Waals surface area contributed by atoms with E-state index in [1.807, 2.05) is 24.3 Å². The van der Waals surface area contributed by atoms with Crippen molar-refractivity contribution in [3.05, 3.63) is 67.7 Å². The molecule has 0 heterocycles. The molecule has 0 N–H and O–H groups in total. The van der Waals surface area contributed by atoms with E-state index in [4.69, 9.17) is 4.74 Å². The first kappa shape index (κ1) is 16.0. The molecule has 0 aromatic heterocycles. The van der Waals surface area contributed by atoms with Crippen molar-refractivity contribution < 1.29 is 9.66 Å². The van der Waals surface area contributed by atoms with Gasteiger partial charge in [-0.3, -0.25) is 10.1 Å². The fraction of sp³-hybridized carbons (Fsp3) is 0.200. The third-order valence-electron chi connectivity index (χ3n) is 3.16. The summed E-state index contributed by atoms with van der Waals surface area (Å²) >= 11 is 6.84. The maximum absolute atomic E-state index is 10.9. The third kappa shape index (κ3) is 3.83. The smallest absolute Gasteiger partial charge is 0.272 e. The molecule has 0 aliphatic heterocycles. The summed E-state index contributed by atoms with van der Waals surface area (Å²) in [5, 5.41) is 11.6. The van der Waals surface area contributed by atoms with Crippen LogP contribution in [0.15, 0.2) is 40.9 Å². The zero-order valence-electron chi connectivity index (χ0n) is 11.3. The van der Waals surface area contributed by atoms with Crippen LogP contribution in [0.3, 0.4) is 0 Å². The molecule has 0 unspecified atom stereocenters. The summed E-state index contributed by atoms with van der Waals surface area (Å²) in [4.78, 5) is 10.6. The molecular weight excluding hydrogens is 402 g/mol. The van der Waals surface area contributed by atoms with Crippen LogP contribution in [-0.2, 0) is 11.9 Å². The van der Waals surface area contributed by atoms with Gasteiger partial charge in [0.15, 0.2) is 0 Å². The Hall–Kier alpha value is -1.40. The van der Waals surface area contributed by atoms with Crippen LogP contribution < -0.4 is 4.74 Å². The summed E-state index contributed by atoms with van der Waals surface area (Å²) in [6, 6.07) is 10.8. The van der Waals surface area contributed by atoms with Gasteiger partial charge < -0.3 is 4.74 Å². The van der Waals surface area contributed by atoms with Gasteiger partial charge in [-0.2, -0.15) is 0 Å². The maximum atomic E-state index is 10.9. The molecule has 0 bridgehead atoms. The summed E-state index contributed by atoms with van der Waals surface area (Å²) in [5.74, 6) is 0.765. The molecular formula is C15H13Br2NO3. The second-order valence-corrected chi connectivity index (χ2v) is 5.97. The zero-order chi connectivity index (χ0) is 15.4. The van der Waals surface area contributed by atoms with E-state index in [0.29, 0.717) is 17.5 Å². The zero-order valence-corrected chi connectivity index (χ0v) is 14.5. The summed E-state index contributed by atoms with van der Waals surface area (Å²) in [5.41, 5.74) is 2.59. The van der Waals surface area contributed by atoms with Crippen molar-refractivity contribution in [3.63, 3.8) is 0 Å². The van der Waals surface area contributed by atoms with Gasteiger partial charge in [0.1, 0.15) is 12.4 Å². The summed E-state index contributed by atoms with van der Waals surface area (Å²) in [6.07, 6.45) is 0. The molecule has 4 nitrogen and oxygen atoms in total. The predicted octanol–water partition coefficient (Wildman–Crippen LogP) is 5.14. The molecule has 0 saturated heterocycles. The topological polar surface area (TPSA) is 52.4 Å². The standard InChI is InChI=1S/C15H13Br2NO3/c1-10-11(3-2-4-14(10)18(19)20)9-21-15-6-5-13(17)7-12(15)8-16/h2-7H,8-9H2,1H3. The van der Waals surface area contributed by atoms with Gasteiger partial charge in [-0.15, -0.1) is 0 Å². The normalized spacial score (nSPS) is 10.4. The monoisotopic (exact) mass is 413 g/mol. The fourth-order valence-corrected chi connectivity index (χ4v) is 2.82. The quantitative estimate of drug-likeness (QED) is 0.386. The Morgan fingerprint density at radius 3 is 2.67 bits per heavy atom. The van der Waals surface area contributed by atoms with Gasteiger partial charge >= 0.3 is 0 Å². The van der Waals surface area contributed by atoms with Gasteiger partial charge in [-0.25, -0.2) is 0 Å². The predicted molar refractivity (Wildman–Crippen MR) is 88.9 cm³/mol. The Morgan fingerprint density at radius 2 is 2.00 bits per heavy atom. The van der Waals surface area contributed by atoms with E-state index in [1.54, 1.807) is 13.0 Å². The number of alkyl halides is 1. The molecule has 0 aliphatic carbocycles. The summed E-state index contributed by atoms with van der Waals surface area (Å²) in [7, 11) is 0. The fourth-order valence-electron chi connectivity index (χ4n) is 1.97. The van der Waals surface area contributed by atoms with E-state index in [9.17, 15) is 10.1 Å². The molecule has 2 aromatic carbocycles. The van der Waals surface area contributed by atoms with Crippen LogP contribution in [0.5, 0.6) is 5.75 Å². The highest BCUT2D eigenvalue weighted by atomic mass is 79.9. The molecule has 0 amide bonds. The first-order valence-electron chi connectivity index (χ1n) is 6.23. The van der Waals surface area contributed by atoms with Crippen LogP contribution in [0, 0.1) is 17.0 Å². The lowest BCUT2D eigenvalue weighted by molar-refractivity contribution is -0.385. The number of hydrogen-bond donors (Lipinski definition) is 0. The van der Waals surface area contributed by atoms with Gasteiger partial charge in [-0.05, 0) is 30.7 Å². The number of ether oxygens (including phenoxy) is 1. The minimum Gasteiger partial charge on any atom is -0.489 e. The lowest BCUT2D eigenvalue weighted by atomic mass is 10.1. The minimum atomic E-state index is -0.373. The van der Waals surface area contributed by atoms with E-state index in [0.717, 1.165) is 21.3 Å².